The molecule has 6 heteroatoms. The van der Waals surface area contributed by atoms with Crippen LogP contribution in [-0.2, 0) is 16.1 Å². The fraction of sp³-hybridized carbons (Fsp3) is 0.722. The Labute approximate surface area is 142 Å². The Hall–Kier alpha value is -1.85. The van der Waals surface area contributed by atoms with Gasteiger partial charge in [0, 0.05) is 18.8 Å². The lowest BCUT2D eigenvalue weighted by atomic mass is 9.95. The second-order valence-corrected chi connectivity index (χ2v) is 7.42. The molecular formula is C18H26N4O2. The summed E-state index contributed by atoms with van der Waals surface area (Å²) in [6.45, 7) is 3.08. The summed E-state index contributed by atoms with van der Waals surface area (Å²) in [5, 5.41) is 0. The molecule has 2 saturated heterocycles. The Morgan fingerprint density at radius 1 is 1.08 bits per heavy atom. The molecule has 1 aromatic rings. The van der Waals surface area contributed by atoms with Crippen molar-refractivity contribution in [2.24, 2.45) is 0 Å². The second-order valence-electron chi connectivity index (χ2n) is 7.42. The number of nitrogens with zero attached hydrogens (tertiary/aromatic N) is 4. The predicted octanol–water partition coefficient (Wildman–Crippen LogP) is 2.11. The molecular weight excluding hydrogens is 304 g/mol. The van der Waals surface area contributed by atoms with Crippen LogP contribution in [0.3, 0.4) is 0 Å². The first-order valence-electron chi connectivity index (χ1n) is 9.28. The van der Waals surface area contributed by atoms with Crippen molar-refractivity contribution >= 4 is 11.8 Å². The highest BCUT2D eigenvalue weighted by Gasteiger charge is 2.46. The lowest BCUT2D eigenvalue weighted by Crippen LogP contribution is -2.61. The van der Waals surface area contributed by atoms with Gasteiger partial charge in [-0.1, -0.05) is 19.3 Å². The van der Waals surface area contributed by atoms with Crippen LogP contribution in [0.25, 0.3) is 0 Å². The van der Waals surface area contributed by atoms with Crippen molar-refractivity contribution in [3.05, 3.63) is 18.2 Å². The van der Waals surface area contributed by atoms with E-state index in [1.807, 2.05) is 19.4 Å². The van der Waals surface area contributed by atoms with Gasteiger partial charge in [-0.15, -0.1) is 0 Å². The van der Waals surface area contributed by atoms with Gasteiger partial charge in [-0.3, -0.25) is 9.59 Å². The van der Waals surface area contributed by atoms with Crippen molar-refractivity contribution in [3.8, 4) is 0 Å². The Morgan fingerprint density at radius 3 is 2.67 bits per heavy atom. The average Bonchev–Trinajstić information content (AvgIpc) is 3.27. The largest absolute Gasteiger partial charge is 0.330 e. The van der Waals surface area contributed by atoms with E-state index >= 15 is 0 Å². The number of rotatable bonds is 3. The van der Waals surface area contributed by atoms with E-state index in [1.165, 1.54) is 32.1 Å². The number of hydrogen-bond donors (Lipinski definition) is 0. The molecule has 130 valence electrons. The summed E-state index contributed by atoms with van der Waals surface area (Å²) in [5.41, 5.74) is 1.06. The van der Waals surface area contributed by atoms with Gasteiger partial charge in [-0.2, -0.15) is 0 Å². The molecule has 0 N–H and O–H groups in total. The number of amides is 2. The Kier molecular flexibility index (Phi) is 4.06. The summed E-state index contributed by atoms with van der Waals surface area (Å²) in [6, 6.07) is -0.119. The molecule has 2 atom stereocenters. The van der Waals surface area contributed by atoms with Crippen LogP contribution in [0.4, 0.5) is 0 Å². The van der Waals surface area contributed by atoms with Gasteiger partial charge in [0.15, 0.2) is 0 Å². The second kappa shape index (κ2) is 6.22. The van der Waals surface area contributed by atoms with E-state index in [0.29, 0.717) is 12.6 Å². The molecule has 3 fully saturated rings. The molecule has 0 bridgehead atoms. The molecule has 1 saturated carbocycles. The predicted molar refractivity (Wildman–Crippen MR) is 89.1 cm³/mol. The average molecular weight is 330 g/mol. The molecule has 0 aromatic carbocycles. The molecule has 0 radical (unpaired) electrons. The monoisotopic (exact) mass is 330 g/mol. The summed E-state index contributed by atoms with van der Waals surface area (Å²) >= 11 is 0. The summed E-state index contributed by atoms with van der Waals surface area (Å²) in [7, 11) is 0. The molecule has 3 aliphatic rings. The minimum atomic E-state index is -0.374. The maximum absolute atomic E-state index is 12.9. The first kappa shape index (κ1) is 15.7. The number of carbonyl (C=O) groups is 2. The van der Waals surface area contributed by atoms with Gasteiger partial charge in [0.25, 0.3) is 0 Å². The minimum Gasteiger partial charge on any atom is -0.330 e. The topological polar surface area (TPSA) is 58.4 Å². The first-order chi connectivity index (χ1) is 11.7. The normalized spacial score (nSPS) is 28.5. The Bertz CT molecular complexity index is 635. The summed E-state index contributed by atoms with van der Waals surface area (Å²) in [6.07, 6.45) is 11.7. The molecule has 1 aliphatic carbocycles. The molecule has 4 rings (SSSR count). The highest BCUT2D eigenvalue weighted by Crippen LogP contribution is 2.31. The lowest BCUT2D eigenvalue weighted by Gasteiger charge is -2.41. The fourth-order valence-corrected chi connectivity index (χ4v) is 4.57. The number of imidazole rings is 1. The smallest absolute Gasteiger partial charge is 0.246 e. The number of carbonyl (C=O) groups excluding carboxylic acids is 2. The summed E-state index contributed by atoms with van der Waals surface area (Å²) in [5.74, 6) is 0.205. The van der Waals surface area contributed by atoms with Crippen molar-refractivity contribution in [2.45, 2.75) is 76.5 Å². The van der Waals surface area contributed by atoms with Gasteiger partial charge < -0.3 is 14.4 Å². The number of fused-ring (bicyclic) bond motifs is 1. The van der Waals surface area contributed by atoms with Crippen LogP contribution in [0.1, 0.15) is 63.6 Å². The third-order valence-corrected chi connectivity index (χ3v) is 5.98. The van der Waals surface area contributed by atoms with E-state index < -0.39 is 0 Å². The highest BCUT2D eigenvalue weighted by molar-refractivity contribution is 5.97. The zero-order chi connectivity index (χ0) is 16.7. The zero-order valence-electron chi connectivity index (χ0n) is 14.4. The number of hydrogen-bond acceptors (Lipinski definition) is 3. The van der Waals surface area contributed by atoms with E-state index in [1.54, 1.807) is 9.80 Å². The van der Waals surface area contributed by atoms with Crippen LogP contribution in [0.2, 0.25) is 0 Å². The van der Waals surface area contributed by atoms with E-state index in [9.17, 15) is 9.59 Å². The number of piperazine rings is 1. The van der Waals surface area contributed by atoms with Crippen molar-refractivity contribution in [1.29, 1.82) is 0 Å². The molecule has 24 heavy (non-hydrogen) atoms. The van der Waals surface area contributed by atoms with Crippen LogP contribution in [0, 0.1) is 0 Å². The summed E-state index contributed by atoms with van der Waals surface area (Å²) in [4.78, 5) is 33.3. The zero-order valence-corrected chi connectivity index (χ0v) is 14.4. The Morgan fingerprint density at radius 2 is 1.88 bits per heavy atom. The highest BCUT2D eigenvalue weighted by atomic mass is 16.2. The molecule has 0 unspecified atom stereocenters. The third kappa shape index (κ3) is 2.52. The molecule has 2 amide bonds. The molecule has 6 nitrogen and oxygen atoms in total. The molecule has 1 aromatic heterocycles. The maximum atomic E-state index is 12.9. The van der Waals surface area contributed by atoms with Gasteiger partial charge in [-0.05, 0) is 32.6 Å². The van der Waals surface area contributed by atoms with Crippen LogP contribution in [0.15, 0.2) is 12.5 Å². The molecule has 0 spiro atoms. The molecule has 3 heterocycles. The minimum absolute atomic E-state index is 0.0980. The van der Waals surface area contributed by atoms with Crippen LogP contribution >= 0.6 is 0 Å². The summed E-state index contributed by atoms with van der Waals surface area (Å²) < 4.78 is 2.24. The van der Waals surface area contributed by atoms with Gasteiger partial charge >= 0.3 is 0 Å². The lowest BCUT2D eigenvalue weighted by molar-refractivity contribution is -0.159. The van der Waals surface area contributed by atoms with Gasteiger partial charge in [0.2, 0.25) is 11.8 Å². The first-order valence-corrected chi connectivity index (χ1v) is 9.28. The van der Waals surface area contributed by atoms with Crippen molar-refractivity contribution < 1.29 is 9.59 Å². The van der Waals surface area contributed by atoms with Crippen LogP contribution in [-0.4, -0.2) is 49.8 Å². The van der Waals surface area contributed by atoms with Gasteiger partial charge in [0.05, 0.1) is 18.6 Å². The van der Waals surface area contributed by atoms with Crippen molar-refractivity contribution in [1.82, 2.24) is 19.4 Å². The fourth-order valence-electron chi connectivity index (χ4n) is 4.57. The quantitative estimate of drug-likeness (QED) is 0.853. The van der Waals surface area contributed by atoms with E-state index in [-0.39, 0.29) is 23.9 Å². The van der Waals surface area contributed by atoms with Gasteiger partial charge in [0.1, 0.15) is 12.1 Å². The van der Waals surface area contributed by atoms with E-state index in [4.69, 9.17) is 0 Å². The van der Waals surface area contributed by atoms with Crippen LogP contribution < -0.4 is 0 Å². The maximum Gasteiger partial charge on any atom is 0.246 e. The van der Waals surface area contributed by atoms with E-state index in [0.717, 1.165) is 25.1 Å². The van der Waals surface area contributed by atoms with Crippen molar-refractivity contribution in [2.75, 3.05) is 6.54 Å². The van der Waals surface area contributed by atoms with Gasteiger partial charge in [-0.25, -0.2) is 4.98 Å². The van der Waals surface area contributed by atoms with Crippen LogP contribution in [0.5, 0.6) is 0 Å². The SMILES string of the molecule is C[C@H]1C(=O)N2CCC[C@@H]2C(=O)N1Cc1cncn1C1CCCCC1. The Balaban J connectivity index is 1.55. The van der Waals surface area contributed by atoms with Crippen molar-refractivity contribution in [3.63, 3.8) is 0 Å². The van der Waals surface area contributed by atoms with E-state index in [2.05, 4.69) is 9.55 Å². The number of aromatic nitrogens is 2. The standard InChI is InChI=1S/C18H26N4O2/c1-13-17(23)20-9-5-8-16(20)18(24)21(13)11-15-10-19-12-22(15)14-6-3-2-4-7-14/h10,12-14,16H,2-9,11H2,1H3/t13-,16+/m0/s1. The molecule has 2 aliphatic heterocycles. The third-order valence-electron chi connectivity index (χ3n) is 5.98.